The maximum Gasteiger partial charge on any atom is 0.490 e. The molecule has 4 rings (SSSR count). The van der Waals surface area contributed by atoms with E-state index >= 15 is 0 Å². The van der Waals surface area contributed by atoms with E-state index in [0.29, 0.717) is 35.9 Å². The van der Waals surface area contributed by atoms with Gasteiger partial charge in [0.1, 0.15) is 17.1 Å². The van der Waals surface area contributed by atoms with Crippen molar-refractivity contribution in [1.82, 2.24) is 9.80 Å². The largest absolute Gasteiger partial charge is 0.490 e. The molecule has 13 heteroatoms. The Morgan fingerprint density at radius 3 is 2.30 bits per heavy atom. The zero-order chi connectivity index (χ0) is 22.4. The summed E-state index contributed by atoms with van der Waals surface area (Å²) in [4.78, 5) is 47.9. The molecule has 4 N–H and O–H groups in total. The first kappa shape index (κ1) is 22.2. The Bertz CT molecular complexity index is 867. The number of carboxylic acid groups (broad SMARTS) is 2. The number of thioether (sulfide) groups is 1. The maximum atomic E-state index is 12.4. The lowest BCUT2D eigenvalue weighted by atomic mass is 10.0. The molecule has 9 nitrogen and oxygen atoms in total. The van der Waals surface area contributed by atoms with E-state index in [4.69, 9.17) is 15.6 Å². The van der Waals surface area contributed by atoms with Crippen molar-refractivity contribution in [3.63, 3.8) is 0 Å². The number of fused-ring (bicyclic) bond motifs is 1. The molecule has 0 aromatic rings. The quantitative estimate of drug-likeness (QED) is 0.418. The number of rotatable bonds is 3. The summed E-state index contributed by atoms with van der Waals surface area (Å²) in [6.45, 7) is 0.703. The summed E-state index contributed by atoms with van der Waals surface area (Å²) in [5.74, 6) is -3.82. The minimum atomic E-state index is -5.08. The van der Waals surface area contributed by atoms with E-state index in [1.807, 2.05) is 4.90 Å². The molecule has 0 radical (unpaired) electrons. The smallest absolute Gasteiger partial charge is 0.477 e. The van der Waals surface area contributed by atoms with E-state index in [9.17, 15) is 32.7 Å². The van der Waals surface area contributed by atoms with Crippen molar-refractivity contribution >= 4 is 35.5 Å². The van der Waals surface area contributed by atoms with Crippen molar-refractivity contribution in [3.05, 3.63) is 22.9 Å². The van der Waals surface area contributed by atoms with E-state index in [1.54, 1.807) is 6.08 Å². The standard InChI is InChI=1S/C15H17N3O4S.C2HF3O2/c16-10-13(20)18-11(15(21)22)8(6-23-14(10)18)5-7-3-4-17(12(7)19)9-1-2-9;3-2(4,5)1(6)7/h5,9-10,14H,1-4,6,16H2,(H,21,22);(H,6,7)/t10-,14-;/m1./s1. The van der Waals surface area contributed by atoms with E-state index in [1.165, 1.54) is 16.7 Å². The number of nitrogens with zero attached hydrogens (tertiary/aromatic N) is 2. The highest BCUT2D eigenvalue weighted by atomic mass is 32.2. The number of likely N-dealkylation sites (tertiary alicyclic amines) is 1. The van der Waals surface area contributed by atoms with Crippen molar-refractivity contribution in [2.45, 2.75) is 42.9 Å². The summed E-state index contributed by atoms with van der Waals surface area (Å²) in [5.41, 5.74) is 6.87. The van der Waals surface area contributed by atoms with Crippen LogP contribution in [0.1, 0.15) is 19.3 Å². The zero-order valence-corrected chi connectivity index (χ0v) is 16.2. The number of allylic oxidation sites excluding steroid dienone is 1. The zero-order valence-electron chi connectivity index (χ0n) is 15.4. The molecule has 3 heterocycles. The number of carbonyl (C=O) groups is 4. The molecule has 2 atom stereocenters. The highest BCUT2D eigenvalue weighted by Crippen LogP contribution is 2.41. The lowest BCUT2D eigenvalue weighted by Crippen LogP contribution is -2.68. The van der Waals surface area contributed by atoms with Crippen LogP contribution in [0.15, 0.2) is 22.9 Å². The number of hydrogen-bond acceptors (Lipinski definition) is 6. The van der Waals surface area contributed by atoms with Crippen LogP contribution >= 0.6 is 11.8 Å². The number of carbonyl (C=O) groups excluding carboxylic acids is 2. The fraction of sp³-hybridized carbons (Fsp3) is 0.529. The summed E-state index contributed by atoms with van der Waals surface area (Å²) in [7, 11) is 0. The van der Waals surface area contributed by atoms with Gasteiger partial charge in [-0.1, -0.05) is 0 Å². The van der Waals surface area contributed by atoms with Crippen LogP contribution in [0.25, 0.3) is 0 Å². The fourth-order valence-electron chi connectivity index (χ4n) is 3.36. The molecular weight excluding hydrogens is 431 g/mol. The normalized spacial score (nSPS) is 27.5. The predicted octanol–water partition coefficient (Wildman–Crippen LogP) is 0.522. The monoisotopic (exact) mass is 449 g/mol. The van der Waals surface area contributed by atoms with Gasteiger partial charge in [0, 0.05) is 23.9 Å². The number of amides is 2. The average Bonchev–Trinajstić information content (AvgIpc) is 3.44. The predicted molar refractivity (Wildman–Crippen MR) is 96.9 cm³/mol. The Hall–Kier alpha value is -2.54. The minimum absolute atomic E-state index is 0.00324. The Morgan fingerprint density at radius 2 is 1.80 bits per heavy atom. The molecule has 30 heavy (non-hydrogen) atoms. The van der Waals surface area contributed by atoms with Gasteiger partial charge in [0.05, 0.1) is 0 Å². The fourth-order valence-corrected chi connectivity index (χ4v) is 4.62. The van der Waals surface area contributed by atoms with Gasteiger partial charge in [0.15, 0.2) is 0 Å². The number of carboxylic acids is 2. The van der Waals surface area contributed by atoms with Crippen LogP contribution in [0, 0.1) is 0 Å². The van der Waals surface area contributed by atoms with E-state index in [2.05, 4.69) is 0 Å². The summed E-state index contributed by atoms with van der Waals surface area (Å²) in [5, 5.41) is 16.3. The van der Waals surface area contributed by atoms with Gasteiger partial charge in [-0.25, -0.2) is 9.59 Å². The molecule has 0 aromatic carbocycles. The minimum Gasteiger partial charge on any atom is -0.477 e. The first-order chi connectivity index (χ1) is 13.9. The van der Waals surface area contributed by atoms with Crippen LogP contribution in [-0.4, -0.2) is 79.7 Å². The molecule has 164 valence electrons. The topological polar surface area (TPSA) is 141 Å². The molecule has 1 saturated carbocycles. The molecule has 2 amide bonds. The van der Waals surface area contributed by atoms with E-state index in [-0.39, 0.29) is 22.9 Å². The SMILES string of the molecule is N[C@@H]1C(=O)N2C(C(=O)O)=C(C=C3CCN(C4CC4)C3=O)CS[C@H]12.O=C(O)C(F)(F)F. The number of alkyl halides is 3. The Morgan fingerprint density at radius 1 is 1.20 bits per heavy atom. The van der Waals surface area contributed by atoms with Crippen molar-refractivity contribution < 1.29 is 42.6 Å². The Labute approximate surface area is 172 Å². The highest BCUT2D eigenvalue weighted by Gasteiger charge is 2.51. The van der Waals surface area contributed by atoms with Gasteiger partial charge >= 0.3 is 18.1 Å². The second-order valence-electron chi connectivity index (χ2n) is 7.07. The van der Waals surface area contributed by atoms with Gasteiger partial charge < -0.3 is 20.8 Å². The van der Waals surface area contributed by atoms with Gasteiger partial charge in [0.2, 0.25) is 11.8 Å². The van der Waals surface area contributed by atoms with E-state index < -0.39 is 24.2 Å². The van der Waals surface area contributed by atoms with Crippen LogP contribution in [0.3, 0.4) is 0 Å². The number of β-lactam (4-membered cyclic amide) rings is 1. The molecule has 0 aromatic heterocycles. The van der Waals surface area contributed by atoms with Gasteiger partial charge in [-0.2, -0.15) is 13.2 Å². The van der Waals surface area contributed by atoms with Crippen molar-refractivity contribution in [2.24, 2.45) is 5.73 Å². The van der Waals surface area contributed by atoms with Crippen LogP contribution in [0.4, 0.5) is 13.2 Å². The van der Waals surface area contributed by atoms with E-state index in [0.717, 1.165) is 12.8 Å². The van der Waals surface area contributed by atoms with Crippen LogP contribution in [-0.2, 0) is 19.2 Å². The Balaban J connectivity index is 0.000000318. The summed E-state index contributed by atoms with van der Waals surface area (Å²) in [6.07, 6.45) is -0.665. The van der Waals surface area contributed by atoms with Gasteiger partial charge in [-0.3, -0.25) is 14.5 Å². The molecule has 3 fully saturated rings. The first-order valence-electron chi connectivity index (χ1n) is 8.91. The van der Waals surface area contributed by atoms with Crippen LogP contribution in [0.5, 0.6) is 0 Å². The average molecular weight is 449 g/mol. The molecule has 2 saturated heterocycles. The molecular formula is C17H18F3N3O6S. The third kappa shape index (κ3) is 4.17. The maximum absolute atomic E-state index is 12.4. The molecule has 0 bridgehead atoms. The molecule has 3 aliphatic heterocycles. The molecule has 0 spiro atoms. The second kappa shape index (κ2) is 7.95. The number of aliphatic carboxylic acids is 2. The van der Waals surface area contributed by atoms with Gasteiger partial charge in [-0.15, -0.1) is 11.8 Å². The molecule has 0 unspecified atom stereocenters. The lowest BCUT2D eigenvalue weighted by molar-refractivity contribution is -0.192. The van der Waals surface area contributed by atoms with Crippen LogP contribution < -0.4 is 5.73 Å². The highest BCUT2D eigenvalue weighted by molar-refractivity contribution is 8.00. The first-order valence-corrected chi connectivity index (χ1v) is 9.96. The summed E-state index contributed by atoms with van der Waals surface area (Å²) < 4.78 is 31.7. The van der Waals surface area contributed by atoms with Gasteiger partial charge in [0.25, 0.3) is 0 Å². The molecule has 1 aliphatic carbocycles. The summed E-state index contributed by atoms with van der Waals surface area (Å²) in [6, 6.07) is -0.275. The number of halogens is 3. The lowest BCUT2D eigenvalue weighted by Gasteiger charge is -2.47. The number of hydrogen-bond donors (Lipinski definition) is 3. The second-order valence-corrected chi connectivity index (χ2v) is 8.17. The Kier molecular flexibility index (Phi) is 5.87. The third-order valence-electron chi connectivity index (χ3n) is 4.98. The van der Waals surface area contributed by atoms with Crippen molar-refractivity contribution in [2.75, 3.05) is 12.3 Å². The number of nitrogens with two attached hydrogens (primary N) is 1. The molecule has 4 aliphatic rings. The van der Waals surface area contributed by atoms with Gasteiger partial charge in [-0.05, 0) is 30.9 Å². The van der Waals surface area contributed by atoms with Crippen molar-refractivity contribution in [3.8, 4) is 0 Å². The third-order valence-corrected chi connectivity index (χ3v) is 6.30. The van der Waals surface area contributed by atoms with Crippen molar-refractivity contribution in [1.29, 1.82) is 0 Å². The van der Waals surface area contributed by atoms with Crippen LogP contribution in [0.2, 0.25) is 0 Å². The summed E-state index contributed by atoms with van der Waals surface area (Å²) >= 11 is 1.45.